The molecule has 0 aliphatic rings. The number of aromatic nitrogens is 1. The summed E-state index contributed by atoms with van der Waals surface area (Å²) in [6.45, 7) is 0. The highest BCUT2D eigenvalue weighted by Crippen LogP contribution is 2.30. The van der Waals surface area contributed by atoms with Crippen molar-refractivity contribution < 1.29 is 9.50 Å². The molecule has 6 heteroatoms. The van der Waals surface area contributed by atoms with Crippen molar-refractivity contribution in [1.29, 1.82) is 0 Å². The Bertz CT molecular complexity index is 540. The minimum atomic E-state index is -1.27. The van der Waals surface area contributed by atoms with Gasteiger partial charge in [-0.15, -0.1) is 0 Å². The number of pyridine rings is 1. The van der Waals surface area contributed by atoms with Gasteiger partial charge >= 0.3 is 0 Å². The van der Waals surface area contributed by atoms with Crippen LogP contribution in [0.3, 0.4) is 0 Å². The Balaban J connectivity index is 2.44. The van der Waals surface area contributed by atoms with Crippen molar-refractivity contribution in [3.63, 3.8) is 0 Å². The van der Waals surface area contributed by atoms with Crippen LogP contribution in [0.2, 0.25) is 15.1 Å². The van der Waals surface area contributed by atoms with E-state index in [1.807, 2.05) is 0 Å². The topological polar surface area (TPSA) is 33.1 Å². The average Bonchev–Trinajstić information content (AvgIpc) is 2.28. The molecule has 1 heterocycles. The fourth-order valence-corrected chi connectivity index (χ4v) is 2.14. The minimum absolute atomic E-state index is 0.0520. The summed E-state index contributed by atoms with van der Waals surface area (Å²) < 4.78 is 13.7. The van der Waals surface area contributed by atoms with Crippen molar-refractivity contribution in [2.45, 2.75) is 6.10 Å². The Morgan fingerprint density at radius 3 is 2.44 bits per heavy atom. The van der Waals surface area contributed by atoms with Gasteiger partial charge in [-0.05, 0) is 18.2 Å². The zero-order chi connectivity index (χ0) is 13.3. The van der Waals surface area contributed by atoms with E-state index >= 15 is 0 Å². The number of aliphatic hydroxyl groups excluding tert-OH is 1. The van der Waals surface area contributed by atoms with Crippen LogP contribution in [0, 0.1) is 5.82 Å². The SMILES string of the molecule is OC(c1ccc(Cl)cc1F)c1ncc(Cl)cc1Cl. The Morgan fingerprint density at radius 1 is 1.11 bits per heavy atom. The van der Waals surface area contributed by atoms with Crippen LogP contribution in [0.15, 0.2) is 30.5 Å². The second-order valence-electron chi connectivity index (χ2n) is 3.59. The monoisotopic (exact) mass is 305 g/mol. The summed E-state index contributed by atoms with van der Waals surface area (Å²) in [6.07, 6.45) is 0.0619. The Hall–Kier alpha value is -0.870. The maximum absolute atomic E-state index is 13.7. The van der Waals surface area contributed by atoms with E-state index in [0.717, 1.165) is 6.07 Å². The van der Waals surface area contributed by atoms with Gasteiger partial charge in [0.15, 0.2) is 0 Å². The number of benzene rings is 1. The van der Waals surface area contributed by atoms with Crippen LogP contribution in [0.5, 0.6) is 0 Å². The lowest BCUT2D eigenvalue weighted by Crippen LogP contribution is -2.05. The first-order chi connectivity index (χ1) is 8.49. The summed E-state index contributed by atoms with van der Waals surface area (Å²) in [4.78, 5) is 3.90. The van der Waals surface area contributed by atoms with Crippen LogP contribution in [0.25, 0.3) is 0 Å². The summed E-state index contributed by atoms with van der Waals surface area (Å²) in [5, 5.41) is 10.8. The molecule has 18 heavy (non-hydrogen) atoms. The maximum Gasteiger partial charge on any atom is 0.130 e. The van der Waals surface area contributed by atoms with E-state index < -0.39 is 11.9 Å². The van der Waals surface area contributed by atoms with Crippen molar-refractivity contribution in [3.8, 4) is 0 Å². The van der Waals surface area contributed by atoms with Crippen molar-refractivity contribution >= 4 is 34.8 Å². The first-order valence-electron chi connectivity index (χ1n) is 4.93. The molecule has 1 aromatic carbocycles. The molecule has 0 fully saturated rings. The van der Waals surface area contributed by atoms with Gasteiger partial charge < -0.3 is 5.11 Å². The standard InChI is InChI=1S/C12H7Cl3FNO/c13-6-1-2-8(10(16)4-6)12(18)11-9(15)3-7(14)5-17-11/h1-5,12,18H. The molecule has 1 atom stereocenters. The van der Waals surface area contributed by atoms with E-state index in [9.17, 15) is 9.50 Å². The molecule has 0 aliphatic heterocycles. The predicted octanol–water partition coefficient (Wildman–Crippen LogP) is 4.26. The lowest BCUT2D eigenvalue weighted by molar-refractivity contribution is 0.210. The third kappa shape index (κ3) is 2.75. The largest absolute Gasteiger partial charge is 0.382 e. The van der Waals surface area contributed by atoms with Crippen LogP contribution in [0.1, 0.15) is 17.4 Å². The highest BCUT2D eigenvalue weighted by atomic mass is 35.5. The zero-order valence-corrected chi connectivity index (χ0v) is 11.1. The lowest BCUT2D eigenvalue weighted by Gasteiger charge is -2.13. The third-order valence-corrected chi connectivity index (χ3v) is 3.10. The molecule has 0 amide bonds. The van der Waals surface area contributed by atoms with Crippen molar-refractivity contribution in [1.82, 2.24) is 4.98 Å². The van der Waals surface area contributed by atoms with E-state index in [4.69, 9.17) is 34.8 Å². The third-order valence-electron chi connectivity index (χ3n) is 2.35. The summed E-state index contributed by atoms with van der Waals surface area (Å²) in [5.74, 6) is -0.622. The van der Waals surface area contributed by atoms with Crippen LogP contribution in [-0.4, -0.2) is 10.1 Å². The van der Waals surface area contributed by atoms with Crippen LogP contribution < -0.4 is 0 Å². The minimum Gasteiger partial charge on any atom is -0.382 e. The van der Waals surface area contributed by atoms with E-state index in [-0.39, 0.29) is 21.3 Å². The average molecular weight is 307 g/mol. The molecule has 1 aromatic heterocycles. The highest BCUT2D eigenvalue weighted by Gasteiger charge is 2.19. The molecule has 1 N–H and O–H groups in total. The number of hydrogen-bond acceptors (Lipinski definition) is 2. The molecule has 0 saturated carbocycles. The number of hydrogen-bond donors (Lipinski definition) is 1. The predicted molar refractivity (Wildman–Crippen MR) is 69.7 cm³/mol. The maximum atomic E-state index is 13.7. The first kappa shape index (κ1) is 13.6. The van der Waals surface area contributed by atoms with Gasteiger partial charge in [-0.1, -0.05) is 40.9 Å². The van der Waals surface area contributed by atoms with Crippen molar-refractivity contribution in [2.24, 2.45) is 0 Å². The van der Waals surface area contributed by atoms with E-state index in [2.05, 4.69) is 4.98 Å². The summed E-state index contributed by atoms with van der Waals surface area (Å²) in [7, 11) is 0. The fraction of sp³-hybridized carbons (Fsp3) is 0.0833. The smallest absolute Gasteiger partial charge is 0.130 e. The van der Waals surface area contributed by atoms with Crippen LogP contribution in [-0.2, 0) is 0 Å². The van der Waals surface area contributed by atoms with Gasteiger partial charge in [0.05, 0.1) is 15.7 Å². The lowest BCUT2D eigenvalue weighted by atomic mass is 10.1. The summed E-state index contributed by atoms with van der Waals surface area (Å²) in [6, 6.07) is 5.41. The van der Waals surface area contributed by atoms with Gasteiger partial charge in [0.1, 0.15) is 11.9 Å². The molecule has 0 radical (unpaired) electrons. The van der Waals surface area contributed by atoms with Gasteiger partial charge in [0.2, 0.25) is 0 Å². The summed E-state index contributed by atoms with van der Waals surface area (Å²) in [5.41, 5.74) is 0.193. The molecular formula is C12H7Cl3FNO. The molecular weight excluding hydrogens is 299 g/mol. The molecule has 2 rings (SSSR count). The molecule has 0 spiro atoms. The quantitative estimate of drug-likeness (QED) is 0.899. The van der Waals surface area contributed by atoms with Crippen molar-refractivity contribution in [2.75, 3.05) is 0 Å². The van der Waals surface area contributed by atoms with E-state index in [0.29, 0.717) is 5.02 Å². The number of rotatable bonds is 2. The van der Waals surface area contributed by atoms with Gasteiger partial charge in [-0.25, -0.2) is 4.39 Å². The van der Waals surface area contributed by atoms with Gasteiger partial charge in [-0.2, -0.15) is 0 Å². The fourth-order valence-electron chi connectivity index (χ4n) is 1.50. The normalized spacial score (nSPS) is 12.5. The molecule has 0 aliphatic carbocycles. The molecule has 0 bridgehead atoms. The molecule has 1 unspecified atom stereocenters. The summed E-state index contributed by atoms with van der Waals surface area (Å²) >= 11 is 17.2. The number of nitrogens with zero attached hydrogens (tertiary/aromatic N) is 1. The molecule has 0 saturated heterocycles. The second-order valence-corrected chi connectivity index (χ2v) is 4.87. The second kappa shape index (κ2) is 5.41. The molecule has 2 nitrogen and oxygen atoms in total. The molecule has 94 valence electrons. The number of halogens is 4. The Morgan fingerprint density at radius 2 is 1.83 bits per heavy atom. The number of aliphatic hydroxyl groups is 1. The van der Waals surface area contributed by atoms with E-state index in [1.54, 1.807) is 0 Å². The molecule has 2 aromatic rings. The van der Waals surface area contributed by atoms with Gasteiger partial charge in [0.25, 0.3) is 0 Å². The first-order valence-corrected chi connectivity index (χ1v) is 6.06. The van der Waals surface area contributed by atoms with Crippen molar-refractivity contribution in [3.05, 3.63) is 62.6 Å². The van der Waals surface area contributed by atoms with Crippen LogP contribution in [0.4, 0.5) is 4.39 Å². The van der Waals surface area contributed by atoms with Crippen LogP contribution >= 0.6 is 34.8 Å². The van der Waals surface area contributed by atoms with Gasteiger partial charge in [0, 0.05) is 16.8 Å². The highest BCUT2D eigenvalue weighted by molar-refractivity contribution is 6.34. The Labute approximate surface area is 118 Å². The van der Waals surface area contributed by atoms with E-state index in [1.165, 1.54) is 24.4 Å². The van der Waals surface area contributed by atoms with Gasteiger partial charge in [-0.3, -0.25) is 4.98 Å². The zero-order valence-electron chi connectivity index (χ0n) is 8.87. The Kier molecular flexibility index (Phi) is 4.07.